The molecular formula is C14H27N3O. The second-order valence-electron chi connectivity index (χ2n) is 5.76. The smallest absolute Gasteiger partial charge is 0.220 e. The first kappa shape index (κ1) is 13.8. The normalized spacial score (nSPS) is 25.7. The maximum atomic E-state index is 11.2. The Morgan fingerprint density at radius 1 is 1.22 bits per heavy atom. The van der Waals surface area contributed by atoms with Crippen LogP contribution in [0.1, 0.15) is 39.0 Å². The molecular weight excluding hydrogens is 226 g/mol. The van der Waals surface area contributed by atoms with Crippen LogP contribution < -0.4 is 10.6 Å². The van der Waals surface area contributed by atoms with Crippen LogP contribution in [0.2, 0.25) is 0 Å². The predicted molar refractivity (Wildman–Crippen MR) is 73.5 cm³/mol. The third-order valence-electron chi connectivity index (χ3n) is 4.08. The number of amides is 1. The zero-order valence-corrected chi connectivity index (χ0v) is 11.6. The van der Waals surface area contributed by atoms with Gasteiger partial charge in [-0.3, -0.25) is 4.79 Å². The summed E-state index contributed by atoms with van der Waals surface area (Å²) in [6.45, 7) is 8.00. The van der Waals surface area contributed by atoms with Gasteiger partial charge in [-0.2, -0.15) is 0 Å². The van der Waals surface area contributed by atoms with E-state index in [0.29, 0.717) is 6.04 Å². The number of hydrogen-bond donors (Lipinski definition) is 2. The summed E-state index contributed by atoms with van der Waals surface area (Å²) >= 11 is 0. The van der Waals surface area contributed by atoms with Crippen molar-refractivity contribution in [1.29, 1.82) is 0 Å². The molecule has 2 heterocycles. The van der Waals surface area contributed by atoms with Gasteiger partial charge >= 0.3 is 0 Å². The van der Waals surface area contributed by atoms with Crippen LogP contribution in [0.25, 0.3) is 0 Å². The molecule has 104 valence electrons. The summed E-state index contributed by atoms with van der Waals surface area (Å²) < 4.78 is 0. The van der Waals surface area contributed by atoms with Crippen LogP contribution in [0, 0.1) is 5.92 Å². The van der Waals surface area contributed by atoms with Crippen molar-refractivity contribution in [2.24, 2.45) is 5.92 Å². The van der Waals surface area contributed by atoms with Gasteiger partial charge in [0.25, 0.3) is 0 Å². The highest BCUT2D eigenvalue weighted by Gasteiger charge is 2.24. The fourth-order valence-corrected chi connectivity index (χ4v) is 3.13. The van der Waals surface area contributed by atoms with Crippen LogP contribution in [-0.2, 0) is 4.79 Å². The molecule has 1 amide bonds. The second kappa shape index (κ2) is 7.10. The number of carbonyl (C=O) groups is 1. The molecule has 0 saturated carbocycles. The maximum absolute atomic E-state index is 11.2. The fourth-order valence-electron chi connectivity index (χ4n) is 3.13. The van der Waals surface area contributed by atoms with Crippen molar-refractivity contribution in [2.45, 2.75) is 45.1 Å². The molecule has 2 rings (SSSR count). The van der Waals surface area contributed by atoms with E-state index in [9.17, 15) is 4.79 Å². The third-order valence-corrected chi connectivity index (χ3v) is 4.08. The van der Waals surface area contributed by atoms with E-state index in [1.54, 1.807) is 0 Å². The van der Waals surface area contributed by atoms with Crippen molar-refractivity contribution < 1.29 is 4.79 Å². The Morgan fingerprint density at radius 2 is 2.00 bits per heavy atom. The lowest BCUT2D eigenvalue weighted by atomic mass is 9.97. The van der Waals surface area contributed by atoms with Gasteiger partial charge in [-0.25, -0.2) is 0 Å². The van der Waals surface area contributed by atoms with Crippen LogP contribution in [0.3, 0.4) is 0 Å². The minimum atomic E-state index is 0.235. The molecule has 0 aromatic carbocycles. The molecule has 0 aromatic rings. The predicted octanol–water partition coefficient (Wildman–Crippen LogP) is 0.977. The van der Waals surface area contributed by atoms with Gasteiger partial charge in [0.05, 0.1) is 0 Å². The Kier molecular flexibility index (Phi) is 5.45. The molecule has 2 aliphatic heterocycles. The van der Waals surface area contributed by atoms with E-state index < -0.39 is 0 Å². The van der Waals surface area contributed by atoms with E-state index in [1.807, 2.05) is 0 Å². The zero-order chi connectivity index (χ0) is 12.8. The number of nitrogens with zero attached hydrogens (tertiary/aromatic N) is 1. The minimum Gasteiger partial charge on any atom is -0.352 e. The highest BCUT2D eigenvalue weighted by Crippen LogP contribution is 2.15. The highest BCUT2D eigenvalue weighted by atomic mass is 16.1. The Balaban J connectivity index is 1.77. The molecule has 4 heteroatoms. The first-order valence-electron chi connectivity index (χ1n) is 7.50. The van der Waals surface area contributed by atoms with Crippen molar-refractivity contribution in [3.8, 4) is 0 Å². The van der Waals surface area contributed by atoms with Gasteiger partial charge in [0, 0.05) is 25.6 Å². The lowest BCUT2D eigenvalue weighted by Gasteiger charge is -2.31. The molecule has 0 spiro atoms. The van der Waals surface area contributed by atoms with E-state index >= 15 is 0 Å². The molecule has 2 saturated heterocycles. The summed E-state index contributed by atoms with van der Waals surface area (Å²) in [5.74, 6) is 1.08. The van der Waals surface area contributed by atoms with E-state index in [-0.39, 0.29) is 5.91 Å². The lowest BCUT2D eigenvalue weighted by molar-refractivity contribution is -0.119. The summed E-state index contributed by atoms with van der Waals surface area (Å²) in [5, 5.41) is 6.51. The first-order valence-corrected chi connectivity index (χ1v) is 7.50. The van der Waals surface area contributed by atoms with Gasteiger partial charge < -0.3 is 15.5 Å². The molecule has 0 radical (unpaired) electrons. The first-order chi connectivity index (χ1) is 8.78. The zero-order valence-electron chi connectivity index (χ0n) is 11.6. The van der Waals surface area contributed by atoms with Crippen LogP contribution in [0.4, 0.5) is 0 Å². The molecule has 0 aromatic heterocycles. The maximum Gasteiger partial charge on any atom is 0.220 e. The summed E-state index contributed by atoms with van der Waals surface area (Å²) in [6.07, 6.45) is 5.55. The van der Waals surface area contributed by atoms with Gasteiger partial charge in [-0.1, -0.05) is 6.92 Å². The number of carbonyl (C=O) groups excluding carboxylic acids is 1. The molecule has 0 bridgehead atoms. The number of hydrogen-bond acceptors (Lipinski definition) is 3. The SMILES string of the molecule is CCCN(CC1CCNCC1)CC1CCC(=O)N1. The van der Waals surface area contributed by atoms with Crippen LogP contribution >= 0.6 is 0 Å². The summed E-state index contributed by atoms with van der Waals surface area (Å²) in [6, 6.07) is 0.394. The molecule has 1 atom stereocenters. The van der Waals surface area contributed by atoms with Crippen LogP contribution in [0.5, 0.6) is 0 Å². The van der Waals surface area contributed by atoms with Gasteiger partial charge in [0.1, 0.15) is 0 Å². The average Bonchev–Trinajstić information content (AvgIpc) is 2.76. The second-order valence-corrected chi connectivity index (χ2v) is 5.76. The van der Waals surface area contributed by atoms with E-state index in [1.165, 1.54) is 38.9 Å². The molecule has 18 heavy (non-hydrogen) atoms. The number of rotatable bonds is 6. The average molecular weight is 253 g/mol. The number of nitrogens with one attached hydrogen (secondary N) is 2. The van der Waals surface area contributed by atoms with Crippen LogP contribution in [0.15, 0.2) is 0 Å². The summed E-state index contributed by atoms with van der Waals surface area (Å²) in [4.78, 5) is 13.8. The van der Waals surface area contributed by atoms with Gasteiger partial charge in [0.15, 0.2) is 0 Å². The molecule has 0 aliphatic carbocycles. The molecule has 2 N–H and O–H groups in total. The van der Waals surface area contributed by atoms with Crippen molar-refractivity contribution in [3.63, 3.8) is 0 Å². The highest BCUT2D eigenvalue weighted by molar-refractivity contribution is 5.78. The Bertz CT molecular complexity index is 264. The van der Waals surface area contributed by atoms with Gasteiger partial charge in [0.2, 0.25) is 5.91 Å². The largest absolute Gasteiger partial charge is 0.352 e. The van der Waals surface area contributed by atoms with Crippen LogP contribution in [-0.4, -0.2) is 49.6 Å². The summed E-state index contributed by atoms with van der Waals surface area (Å²) in [7, 11) is 0. The van der Waals surface area contributed by atoms with Crippen molar-refractivity contribution in [3.05, 3.63) is 0 Å². The summed E-state index contributed by atoms with van der Waals surface area (Å²) in [5.41, 5.74) is 0. The minimum absolute atomic E-state index is 0.235. The van der Waals surface area contributed by atoms with Gasteiger partial charge in [-0.15, -0.1) is 0 Å². The quantitative estimate of drug-likeness (QED) is 0.741. The number of piperidine rings is 1. The topological polar surface area (TPSA) is 44.4 Å². The van der Waals surface area contributed by atoms with Gasteiger partial charge in [-0.05, 0) is 51.2 Å². The molecule has 2 aliphatic rings. The van der Waals surface area contributed by atoms with Crippen molar-refractivity contribution in [1.82, 2.24) is 15.5 Å². The lowest BCUT2D eigenvalue weighted by Crippen LogP contribution is -2.43. The Morgan fingerprint density at radius 3 is 2.61 bits per heavy atom. The third kappa shape index (κ3) is 4.25. The molecule has 2 fully saturated rings. The monoisotopic (exact) mass is 253 g/mol. The van der Waals surface area contributed by atoms with E-state index in [4.69, 9.17) is 0 Å². The standard InChI is InChI=1S/C14H27N3O/c1-2-9-17(10-12-5-7-15-8-6-12)11-13-3-4-14(18)16-13/h12-13,15H,2-11H2,1H3,(H,16,18). The van der Waals surface area contributed by atoms with E-state index in [0.717, 1.165) is 31.8 Å². The van der Waals surface area contributed by atoms with E-state index in [2.05, 4.69) is 22.5 Å². The molecule has 4 nitrogen and oxygen atoms in total. The molecule has 1 unspecified atom stereocenters. The van der Waals surface area contributed by atoms with Crippen molar-refractivity contribution in [2.75, 3.05) is 32.7 Å². The van der Waals surface area contributed by atoms with Crippen molar-refractivity contribution >= 4 is 5.91 Å². The fraction of sp³-hybridized carbons (Fsp3) is 0.929. The Hall–Kier alpha value is -0.610. The Labute approximate surface area is 110 Å².